The molecule has 2 atom stereocenters. The first-order valence-electron chi connectivity index (χ1n) is 8.32. The van der Waals surface area contributed by atoms with Crippen molar-refractivity contribution in [2.75, 3.05) is 0 Å². The number of imide groups is 1. The molecular weight excluding hydrogens is 459 g/mol. The minimum absolute atomic E-state index is 0.172. The molecule has 1 fully saturated rings. The Labute approximate surface area is 160 Å². The van der Waals surface area contributed by atoms with Crippen molar-refractivity contribution in [1.29, 1.82) is 0 Å². The molecule has 7 heteroatoms. The third-order valence-electron chi connectivity index (χ3n) is 5.42. The zero-order chi connectivity index (χ0) is 18.0. The van der Waals surface area contributed by atoms with E-state index in [4.69, 9.17) is 0 Å². The predicted molar refractivity (Wildman–Crippen MR) is 97.5 cm³/mol. The Bertz CT molecular complexity index is 1020. The molecule has 2 aromatic carbocycles. The van der Waals surface area contributed by atoms with Crippen LogP contribution in [0.15, 0.2) is 45.8 Å². The number of hydrogen-bond donors (Lipinski definition) is 1. The number of benzene rings is 2. The second-order valence-corrected chi connectivity index (χ2v) is 16.4. The molecule has 2 bridgehead atoms. The summed E-state index contributed by atoms with van der Waals surface area (Å²) in [5.41, 5.74) is 3.13. The van der Waals surface area contributed by atoms with Crippen LogP contribution in [0.25, 0.3) is 5.57 Å². The zero-order valence-electron chi connectivity index (χ0n) is 13.5. The number of carbonyl (C=O) groups excluding carboxylic acids is 2. The van der Waals surface area contributed by atoms with Gasteiger partial charge in [0.15, 0.2) is 0 Å². The fourth-order valence-corrected chi connectivity index (χ4v) is 19.0. The van der Waals surface area contributed by atoms with Gasteiger partial charge in [-0.15, -0.1) is 0 Å². The summed E-state index contributed by atoms with van der Waals surface area (Å²) in [6, 6.07) is 12.2. The van der Waals surface area contributed by atoms with E-state index in [1.807, 2.05) is 12.1 Å². The summed E-state index contributed by atoms with van der Waals surface area (Å²) < 4.78 is 29.7. The number of carbonyl (C=O) groups is 2. The Balaban J connectivity index is 1.54. The number of hydrogen-bond acceptors (Lipinski definition) is 3. The SMILES string of the molecule is O=C1NC(=O)C([CH]2C3=[C](Cc4ccc(F)c(F)c4)[In]2[c]2ccccc23)S1. The summed E-state index contributed by atoms with van der Waals surface area (Å²) in [6.45, 7) is 0. The van der Waals surface area contributed by atoms with Gasteiger partial charge in [0, 0.05) is 0 Å². The molecule has 6 rings (SSSR count). The van der Waals surface area contributed by atoms with E-state index in [-0.39, 0.29) is 20.1 Å². The van der Waals surface area contributed by atoms with Gasteiger partial charge in [-0.2, -0.15) is 0 Å². The van der Waals surface area contributed by atoms with Crippen LogP contribution in [0.2, 0.25) is 3.67 Å². The van der Waals surface area contributed by atoms with Crippen molar-refractivity contribution in [1.82, 2.24) is 5.32 Å². The Morgan fingerprint density at radius 3 is 2.58 bits per heavy atom. The molecule has 2 amide bonds. The van der Waals surface area contributed by atoms with Crippen molar-refractivity contribution < 1.29 is 18.4 Å². The van der Waals surface area contributed by atoms with Crippen LogP contribution in [0.3, 0.4) is 0 Å². The van der Waals surface area contributed by atoms with Crippen molar-refractivity contribution in [3.05, 3.63) is 68.6 Å². The topological polar surface area (TPSA) is 46.2 Å². The molecule has 4 heterocycles. The van der Waals surface area contributed by atoms with E-state index in [0.29, 0.717) is 6.42 Å². The molecular formula is C19H12F2InNO2S. The molecule has 2 aromatic rings. The van der Waals surface area contributed by atoms with Gasteiger partial charge in [0.25, 0.3) is 0 Å². The third-order valence-corrected chi connectivity index (χ3v) is 18.4. The van der Waals surface area contributed by atoms with Gasteiger partial charge in [-0.05, 0) is 0 Å². The van der Waals surface area contributed by atoms with Crippen LogP contribution in [0, 0.1) is 11.6 Å². The molecule has 1 N–H and O–H groups in total. The predicted octanol–water partition coefficient (Wildman–Crippen LogP) is 2.95. The molecule has 0 spiro atoms. The van der Waals surface area contributed by atoms with Crippen molar-refractivity contribution in [3.63, 3.8) is 0 Å². The van der Waals surface area contributed by atoms with Crippen molar-refractivity contribution in [2.45, 2.75) is 15.3 Å². The Morgan fingerprint density at radius 1 is 1.08 bits per heavy atom. The van der Waals surface area contributed by atoms with Crippen molar-refractivity contribution in [3.8, 4) is 0 Å². The van der Waals surface area contributed by atoms with Crippen LogP contribution in [-0.4, -0.2) is 37.8 Å². The van der Waals surface area contributed by atoms with Gasteiger partial charge in [-0.25, -0.2) is 0 Å². The monoisotopic (exact) mass is 471 g/mol. The molecule has 26 heavy (non-hydrogen) atoms. The number of rotatable bonds is 3. The van der Waals surface area contributed by atoms with Gasteiger partial charge in [0.05, 0.1) is 0 Å². The van der Waals surface area contributed by atoms with Gasteiger partial charge in [0.2, 0.25) is 0 Å². The number of amides is 2. The zero-order valence-corrected chi connectivity index (χ0v) is 17.6. The summed E-state index contributed by atoms with van der Waals surface area (Å²) in [6.07, 6.45) is 0.603. The fraction of sp³-hybridized carbons (Fsp3) is 0.158. The normalized spacial score (nSPS) is 23.2. The second kappa shape index (κ2) is 5.96. The van der Waals surface area contributed by atoms with Crippen molar-refractivity contribution >= 4 is 53.2 Å². The summed E-state index contributed by atoms with van der Waals surface area (Å²) in [4.78, 5) is 23.8. The number of nitrogens with one attached hydrogen (secondary N) is 1. The van der Waals surface area contributed by atoms with Gasteiger partial charge in [0.1, 0.15) is 0 Å². The van der Waals surface area contributed by atoms with E-state index in [2.05, 4.69) is 17.4 Å². The average molecular weight is 471 g/mol. The molecule has 4 aliphatic heterocycles. The molecule has 0 saturated carbocycles. The summed E-state index contributed by atoms with van der Waals surface area (Å²) >= 11 is -1.38. The van der Waals surface area contributed by atoms with Crippen LogP contribution in [0.4, 0.5) is 13.6 Å². The minimum atomic E-state index is -2.47. The van der Waals surface area contributed by atoms with Crippen LogP contribution in [0.1, 0.15) is 11.1 Å². The first-order chi connectivity index (χ1) is 12.5. The second-order valence-electron chi connectivity index (χ2n) is 6.77. The number of halogens is 2. The quantitative estimate of drug-likeness (QED) is 0.750. The molecule has 1 saturated heterocycles. The first kappa shape index (κ1) is 16.6. The first-order valence-corrected chi connectivity index (χ1v) is 14.4. The maximum absolute atomic E-state index is 13.6. The Kier molecular flexibility index (Phi) is 3.79. The standard InChI is InChI=1S/C19H12F2NO2S.In/c20-15-9-7-12(10-16(15)21)6-8-14(13-4-2-1-3-5-13)11-17-18(23)22-19(24)25-17;/h1-4,7,9-11,17H,6H2,(H,22,23,24);. The molecule has 128 valence electrons. The molecule has 0 radical (unpaired) electrons. The van der Waals surface area contributed by atoms with Crippen molar-refractivity contribution in [2.24, 2.45) is 0 Å². The number of allylic oxidation sites excluding steroid dienone is 2. The van der Waals surface area contributed by atoms with Crippen LogP contribution in [0.5, 0.6) is 0 Å². The molecule has 4 aliphatic rings. The van der Waals surface area contributed by atoms with Gasteiger partial charge >= 0.3 is 161 Å². The Hall–Kier alpha value is -1.60. The Morgan fingerprint density at radius 2 is 1.88 bits per heavy atom. The molecule has 3 nitrogen and oxygen atoms in total. The van der Waals surface area contributed by atoms with E-state index in [1.165, 1.54) is 23.9 Å². The molecule has 0 aliphatic carbocycles. The number of thioether (sulfide) groups is 1. The van der Waals surface area contributed by atoms with Crippen LogP contribution >= 0.6 is 11.8 Å². The van der Waals surface area contributed by atoms with Crippen LogP contribution in [-0.2, 0) is 11.2 Å². The molecule has 2 unspecified atom stereocenters. The van der Waals surface area contributed by atoms with E-state index >= 15 is 0 Å². The van der Waals surface area contributed by atoms with Gasteiger partial charge in [-0.3, -0.25) is 0 Å². The van der Waals surface area contributed by atoms with Crippen LogP contribution < -0.4 is 8.64 Å². The summed E-state index contributed by atoms with van der Waals surface area (Å²) in [5, 5.41) is 1.79. The average Bonchev–Trinajstić information content (AvgIpc) is 3.22. The summed E-state index contributed by atoms with van der Waals surface area (Å²) in [7, 11) is 0. The van der Waals surface area contributed by atoms with E-state index in [0.717, 1.165) is 23.4 Å². The third kappa shape index (κ3) is 2.33. The van der Waals surface area contributed by atoms with E-state index in [9.17, 15) is 18.4 Å². The molecule has 0 aromatic heterocycles. The van der Waals surface area contributed by atoms with Gasteiger partial charge < -0.3 is 0 Å². The fourth-order valence-electron chi connectivity index (χ4n) is 4.42. The van der Waals surface area contributed by atoms with Gasteiger partial charge in [-0.1, -0.05) is 0 Å². The maximum atomic E-state index is 13.6. The van der Waals surface area contributed by atoms with E-state index in [1.54, 1.807) is 6.07 Å². The summed E-state index contributed by atoms with van der Waals surface area (Å²) in [5.74, 6) is -1.87. The van der Waals surface area contributed by atoms with E-state index < -0.39 is 33.1 Å².